The van der Waals surface area contributed by atoms with Gasteiger partial charge in [-0.3, -0.25) is 4.79 Å². The fourth-order valence-electron chi connectivity index (χ4n) is 1.92. The number of amides is 1. The van der Waals surface area contributed by atoms with Gasteiger partial charge in [-0.2, -0.15) is 0 Å². The van der Waals surface area contributed by atoms with E-state index in [9.17, 15) is 4.79 Å². The molecule has 0 aliphatic rings. The van der Waals surface area contributed by atoms with Crippen LogP contribution in [0.1, 0.15) is 15.9 Å². The van der Waals surface area contributed by atoms with Crippen molar-refractivity contribution in [2.45, 2.75) is 32.9 Å². The van der Waals surface area contributed by atoms with E-state index in [1.165, 1.54) is 0 Å². The number of methoxy groups -OCH3 is 2. The monoisotopic (exact) mass is 333 g/mol. The Morgan fingerprint density at radius 3 is 2.22 bits per heavy atom. The Morgan fingerprint density at radius 1 is 1.17 bits per heavy atom. The molecule has 23 heavy (non-hydrogen) atoms. The van der Waals surface area contributed by atoms with E-state index < -0.39 is 14.4 Å². The molecule has 5 heteroatoms. The van der Waals surface area contributed by atoms with Gasteiger partial charge in [0.2, 0.25) is 0 Å². The quantitative estimate of drug-likeness (QED) is 0.456. The van der Waals surface area contributed by atoms with Crippen LogP contribution in [0.15, 0.2) is 24.3 Å². The third-order valence-electron chi connectivity index (χ3n) is 3.21. The van der Waals surface area contributed by atoms with Crippen molar-refractivity contribution in [3.63, 3.8) is 0 Å². The Balaban J connectivity index is 2.94. The predicted octanol–water partition coefficient (Wildman–Crippen LogP) is 2.94. The summed E-state index contributed by atoms with van der Waals surface area (Å²) in [6.07, 6.45) is -0.460. The van der Waals surface area contributed by atoms with Gasteiger partial charge in [-0.1, -0.05) is 43.3 Å². The first-order chi connectivity index (χ1) is 10.8. The average molecular weight is 334 g/mol. The molecule has 1 aromatic rings. The molecule has 4 nitrogen and oxygen atoms in total. The fraction of sp³-hybridized carbons (Fsp3) is 0.500. The molecule has 0 bridgehead atoms. The van der Waals surface area contributed by atoms with E-state index in [0.29, 0.717) is 18.7 Å². The van der Waals surface area contributed by atoms with Crippen LogP contribution < -0.4 is 0 Å². The van der Waals surface area contributed by atoms with Gasteiger partial charge in [-0.05, 0) is 19.1 Å². The number of hydrogen-bond acceptors (Lipinski definition) is 3. The molecule has 0 saturated heterocycles. The van der Waals surface area contributed by atoms with Crippen molar-refractivity contribution in [3.8, 4) is 11.5 Å². The molecule has 0 saturated carbocycles. The number of benzene rings is 1. The Morgan fingerprint density at radius 2 is 1.74 bits per heavy atom. The SMILES string of the molecule is COC(CN(CC#C[Si](C)(C)C)C(=O)c1ccc(C)cc1)OC. The molecule has 1 rings (SSSR count). The van der Waals surface area contributed by atoms with Gasteiger partial charge in [0.1, 0.15) is 8.07 Å². The van der Waals surface area contributed by atoms with Crippen molar-refractivity contribution in [1.29, 1.82) is 0 Å². The molecule has 0 unspecified atom stereocenters. The molecule has 0 spiro atoms. The zero-order chi connectivity index (χ0) is 17.5. The van der Waals surface area contributed by atoms with E-state index in [0.717, 1.165) is 5.56 Å². The Bertz CT molecular complexity index is 563. The molecule has 0 aromatic heterocycles. The van der Waals surface area contributed by atoms with Crippen LogP contribution in [0.25, 0.3) is 0 Å². The third kappa shape index (κ3) is 7.00. The first kappa shape index (κ1) is 19.4. The molecule has 0 aliphatic heterocycles. The lowest BCUT2D eigenvalue weighted by Crippen LogP contribution is -2.39. The van der Waals surface area contributed by atoms with Crippen molar-refractivity contribution < 1.29 is 14.3 Å². The molecular weight excluding hydrogens is 306 g/mol. The van der Waals surface area contributed by atoms with Crippen LogP contribution in [0.3, 0.4) is 0 Å². The molecule has 126 valence electrons. The summed E-state index contributed by atoms with van der Waals surface area (Å²) in [7, 11) is 1.67. The molecule has 0 heterocycles. The highest BCUT2D eigenvalue weighted by Gasteiger charge is 2.19. The lowest BCUT2D eigenvalue weighted by molar-refractivity contribution is -0.111. The predicted molar refractivity (Wildman–Crippen MR) is 96.0 cm³/mol. The Labute approximate surface area is 140 Å². The Hall–Kier alpha value is -1.61. The minimum Gasteiger partial charge on any atom is -0.354 e. The number of carbonyl (C=O) groups is 1. The van der Waals surface area contributed by atoms with E-state index in [1.807, 2.05) is 31.2 Å². The van der Waals surface area contributed by atoms with E-state index in [-0.39, 0.29) is 5.91 Å². The number of ether oxygens (including phenoxy) is 2. The minimum atomic E-state index is -1.46. The third-order valence-corrected chi connectivity index (χ3v) is 4.14. The van der Waals surface area contributed by atoms with E-state index in [4.69, 9.17) is 9.47 Å². The highest BCUT2D eigenvalue weighted by atomic mass is 28.3. The average Bonchev–Trinajstić information content (AvgIpc) is 2.49. The second-order valence-electron chi connectivity index (χ2n) is 6.50. The van der Waals surface area contributed by atoms with Crippen molar-refractivity contribution >= 4 is 14.0 Å². The van der Waals surface area contributed by atoms with Crippen LogP contribution in [0.4, 0.5) is 0 Å². The van der Waals surface area contributed by atoms with Crippen LogP contribution >= 0.6 is 0 Å². The van der Waals surface area contributed by atoms with Crippen molar-refractivity contribution in [1.82, 2.24) is 4.90 Å². The first-order valence-electron chi connectivity index (χ1n) is 7.68. The van der Waals surface area contributed by atoms with Gasteiger partial charge in [0, 0.05) is 19.8 Å². The highest BCUT2D eigenvalue weighted by molar-refractivity contribution is 6.83. The maximum Gasteiger partial charge on any atom is 0.254 e. The molecule has 1 aromatic carbocycles. The normalized spacial score (nSPS) is 11.1. The summed E-state index contributed by atoms with van der Waals surface area (Å²) >= 11 is 0. The van der Waals surface area contributed by atoms with Gasteiger partial charge in [0.05, 0.1) is 13.1 Å². The van der Waals surface area contributed by atoms with E-state index in [2.05, 4.69) is 31.1 Å². The van der Waals surface area contributed by atoms with Crippen LogP contribution in [0.2, 0.25) is 19.6 Å². The second-order valence-corrected chi connectivity index (χ2v) is 11.3. The summed E-state index contributed by atoms with van der Waals surface area (Å²) in [5.74, 6) is 3.09. The van der Waals surface area contributed by atoms with Crippen molar-refractivity contribution in [3.05, 3.63) is 35.4 Å². The number of aryl methyl sites for hydroxylation is 1. The maximum atomic E-state index is 12.7. The lowest BCUT2D eigenvalue weighted by atomic mass is 10.1. The smallest absolute Gasteiger partial charge is 0.254 e. The summed E-state index contributed by atoms with van der Waals surface area (Å²) in [6.45, 7) is 9.26. The zero-order valence-electron chi connectivity index (χ0n) is 15.0. The summed E-state index contributed by atoms with van der Waals surface area (Å²) in [5.41, 5.74) is 5.06. The van der Waals surface area contributed by atoms with Gasteiger partial charge in [-0.25, -0.2) is 0 Å². The number of carbonyl (C=O) groups excluding carboxylic acids is 1. The van der Waals surface area contributed by atoms with Gasteiger partial charge in [0.25, 0.3) is 5.91 Å². The zero-order valence-corrected chi connectivity index (χ0v) is 16.0. The molecule has 0 aliphatic carbocycles. The topological polar surface area (TPSA) is 38.8 Å². The first-order valence-corrected chi connectivity index (χ1v) is 11.2. The minimum absolute atomic E-state index is 0.0611. The molecule has 0 radical (unpaired) electrons. The van der Waals surface area contributed by atoms with E-state index >= 15 is 0 Å². The summed E-state index contributed by atoms with van der Waals surface area (Å²) in [4.78, 5) is 14.4. The van der Waals surface area contributed by atoms with Gasteiger partial charge in [-0.15, -0.1) is 5.54 Å². The Kier molecular flexibility index (Phi) is 7.50. The van der Waals surface area contributed by atoms with Crippen LogP contribution in [0.5, 0.6) is 0 Å². The number of nitrogens with zero attached hydrogens (tertiary/aromatic N) is 1. The van der Waals surface area contributed by atoms with Gasteiger partial charge >= 0.3 is 0 Å². The standard InChI is InChI=1S/C18H27NO3Si/c1-15-8-10-16(11-9-15)18(20)19(14-17(21-2)22-3)12-7-13-23(4,5)6/h8-11,17H,12,14H2,1-6H3. The summed E-state index contributed by atoms with van der Waals surface area (Å²) in [5, 5.41) is 0. The van der Waals surface area contributed by atoms with Crippen LogP contribution in [0, 0.1) is 18.4 Å². The van der Waals surface area contributed by atoms with Gasteiger partial charge in [0.15, 0.2) is 6.29 Å². The van der Waals surface area contributed by atoms with Gasteiger partial charge < -0.3 is 14.4 Å². The van der Waals surface area contributed by atoms with Crippen LogP contribution in [-0.2, 0) is 9.47 Å². The molecule has 0 atom stereocenters. The number of rotatable bonds is 6. The highest BCUT2D eigenvalue weighted by Crippen LogP contribution is 2.09. The molecule has 1 amide bonds. The summed E-state index contributed by atoms with van der Waals surface area (Å²) in [6, 6.07) is 7.54. The molecule has 0 fully saturated rings. The van der Waals surface area contributed by atoms with Crippen molar-refractivity contribution in [2.75, 3.05) is 27.3 Å². The lowest BCUT2D eigenvalue weighted by Gasteiger charge is -2.24. The summed E-state index contributed by atoms with van der Waals surface area (Å²) < 4.78 is 10.5. The molecule has 0 N–H and O–H groups in total. The second kappa shape index (κ2) is 8.87. The number of hydrogen-bond donors (Lipinski definition) is 0. The van der Waals surface area contributed by atoms with Crippen molar-refractivity contribution in [2.24, 2.45) is 0 Å². The fourth-order valence-corrected chi connectivity index (χ4v) is 2.53. The van der Waals surface area contributed by atoms with E-state index in [1.54, 1.807) is 19.1 Å². The molecular formula is C18H27NO3Si. The maximum absolute atomic E-state index is 12.7. The largest absolute Gasteiger partial charge is 0.354 e. The van der Waals surface area contributed by atoms with Crippen LogP contribution in [-0.4, -0.2) is 52.5 Å².